The molecule has 0 radical (unpaired) electrons. The van der Waals surface area contributed by atoms with E-state index in [0.717, 1.165) is 96.6 Å². The predicted octanol–water partition coefficient (Wildman–Crippen LogP) is 8.86. The highest BCUT2D eigenvalue weighted by Gasteiger charge is 2.36. The molecule has 9 rings (SSSR count). The summed E-state index contributed by atoms with van der Waals surface area (Å²) in [6.45, 7) is 21.7. The van der Waals surface area contributed by atoms with Gasteiger partial charge in [0.1, 0.15) is 28.4 Å². The van der Waals surface area contributed by atoms with E-state index >= 15 is 0 Å². The quantitative estimate of drug-likeness (QED) is 0.0907. The highest BCUT2D eigenvalue weighted by molar-refractivity contribution is 7.71. The van der Waals surface area contributed by atoms with Crippen LogP contribution in [0, 0.1) is 31.5 Å². The summed E-state index contributed by atoms with van der Waals surface area (Å²) in [4.78, 5) is 27.8. The van der Waals surface area contributed by atoms with Gasteiger partial charge in [-0.2, -0.15) is 5.10 Å². The number of rotatable bonds is 10. The van der Waals surface area contributed by atoms with Crippen molar-refractivity contribution >= 4 is 46.8 Å². The molecular weight excluding hydrogens is 864 g/mol. The molecule has 332 valence electrons. The number of aromatic hydroxyl groups is 2. The number of piperazine rings is 1. The van der Waals surface area contributed by atoms with Crippen molar-refractivity contribution in [1.82, 2.24) is 44.2 Å². The number of fused-ring (bicyclic) bond motifs is 3. The Bertz CT molecular complexity index is 2820. The van der Waals surface area contributed by atoms with Gasteiger partial charge in [-0.15, -0.1) is 21.5 Å². The van der Waals surface area contributed by atoms with Gasteiger partial charge < -0.3 is 20.0 Å². The summed E-state index contributed by atoms with van der Waals surface area (Å²) in [7, 11) is 0. The number of benzene rings is 3. The number of aromatic amines is 1. The lowest BCUT2D eigenvalue weighted by Gasteiger charge is -2.39. The lowest BCUT2D eigenvalue weighted by atomic mass is 9.94. The molecule has 3 aromatic carbocycles. The van der Waals surface area contributed by atoms with Crippen molar-refractivity contribution in [1.29, 1.82) is 0 Å². The van der Waals surface area contributed by atoms with Crippen molar-refractivity contribution in [2.24, 2.45) is 10.9 Å². The van der Waals surface area contributed by atoms with Crippen molar-refractivity contribution in [2.75, 3.05) is 45.8 Å². The van der Waals surface area contributed by atoms with E-state index in [1.165, 1.54) is 16.5 Å². The molecule has 3 aliphatic rings. The molecule has 0 bridgehead atoms. The third kappa shape index (κ3) is 8.35. The first-order valence-corrected chi connectivity index (χ1v) is 23.5. The summed E-state index contributed by atoms with van der Waals surface area (Å²) in [5.74, 6) is 2.31. The maximum absolute atomic E-state index is 14.3. The lowest BCUT2D eigenvalue weighted by Crippen LogP contribution is -2.49. The Morgan fingerprint density at radius 1 is 0.922 bits per heavy atom. The van der Waals surface area contributed by atoms with Crippen LogP contribution < -0.4 is 0 Å². The molecule has 6 heterocycles. The van der Waals surface area contributed by atoms with Crippen LogP contribution in [0.25, 0.3) is 22.1 Å². The number of hydrogen-bond donors (Lipinski definition) is 3. The fourth-order valence-corrected chi connectivity index (χ4v) is 10.8. The average molecular weight is 918 g/mol. The van der Waals surface area contributed by atoms with E-state index < -0.39 is 6.04 Å². The smallest absolute Gasteiger partial charge is 0.251 e. The van der Waals surface area contributed by atoms with Crippen LogP contribution in [0.15, 0.2) is 77.8 Å². The lowest BCUT2D eigenvalue weighted by molar-refractivity contribution is -0.128. The minimum absolute atomic E-state index is 0.0526. The molecular formula is C48H53ClN10O3S2. The number of nitrogens with zero attached hydrogens (tertiary/aromatic N) is 9. The van der Waals surface area contributed by atoms with Crippen LogP contribution in [0.4, 0.5) is 0 Å². The molecule has 0 spiro atoms. The van der Waals surface area contributed by atoms with Crippen LogP contribution in [0.2, 0.25) is 5.02 Å². The Morgan fingerprint density at radius 2 is 1.61 bits per heavy atom. The van der Waals surface area contributed by atoms with E-state index in [2.05, 4.69) is 67.3 Å². The van der Waals surface area contributed by atoms with Gasteiger partial charge in [-0.3, -0.25) is 28.9 Å². The summed E-state index contributed by atoms with van der Waals surface area (Å²) in [6, 6.07) is 18.5. The summed E-state index contributed by atoms with van der Waals surface area (Å²) in [5.41, 5.74) is 7.54. The van der Waals surface area contributed by atoms with Gasteiger partial charge in [-0.25, -0.2) is 0 Å². The molecule has 6 aromatic rings. The van der Waals surface area contributed by atoms with Crippen LogP contribution in [-0.2, 0) is 11.3 Å². The second-order valence-corrected chi connectivity index (χ2v) is 19.6. The number of piperidine rings is 1. The van der Waals surface area contributed by atoms with Gasteiger partial charge in [0, 0.05) is 90.7 Å². The average Bonchev–Trinajstić information content (AvgIpc) is 3.92. The number of aromatic nitrogens is 6. The number of hydrogen-bond acceptors (Lipinski definition) is 11. The van der Waals surface area contributed by atoms with Gasteiger partial charge in [-0.05, 0) is 105 Å². The first-order valence-electron chi connectivity index (χ1n) is 21.9. The number of likely N-dealkylation sites (tertiary alicyclic amines) is 1. The van der Waals surface area contributed by atoms with Gasteiger partial charge in [0.15, 0.2) is 16.4 Å². The van der Waals surface area contributed by atoms with Gasteiger partial charge in [0.2, 0.25) is 0 Å². The predicted molar refractivity (Wildman–Crippen MR) is 255 cm³/mol. The molecule has 2 saturated heterocycles. The zero-order valence-electron chi connectivity index (χ0n) is 36.8. The van der Waals surface area contributed by atoms with Gasteiger partial charge in [-0.1, -0.05) is 56.3 Å². The van der Waals surface area contributed by atoms with Gasteiger partial charge in [0.25, 0.3) is 5.91 Å². The summed E-state index contributed by atoms with van der Waals surface area (Å²) < 4.78 is 4.28. The number of halogens is 1. The number of aliphatic imine (C=N–C) groups is 1. The molecule has 3 N–H and O–H groups in total. The first-order chi connectivity index (χ1) is 30.7. The summed E-state index contributed by atoms with van der Waals surface area (Å²) >= 11 is 13.6. The standard InChI is InChI=1S/C48H53ClN10O3S2/c1-27(2)37-23-38(40(61)24-39(37)60)44-52-54-48(63)59(44)36-13-7-32(8-14-36)25-55-19-21-56(22-20-55)26-33-15-17-57(18-16-33)46(62)29(4)42-45-53-51-31(6)58(45)47-41(28(3)30(5)64-47)43(50-42)34-9-11-35(49)12-10-34/h7-14,23-24,27,33,42,60-61H,4,15-22,25-26H2,1-3,5-6H3,(H,54,63)/t42-/m0/s1. The number of thiophene rings is 1. The fraction of sp³-hybridized carbons (Fsp3) is 0.375. The Labute approximate surface area is 387 Å². The molecule has 64 heavy (non-hydrogen) atoms. The number of aryl methyl sites for hydroxylation is 2. The molecule has 0 saturated carbocycles. The zero-order chi connectivity index (χ0) is 45.0. The second kappa shape index (κ2) is 17.8. The monoisotopic (exact) mass is 916 g/mol. The number of phenolic OH excluding ortho intramolecular Hbond substituents is 2. The van der Waals surface area contributed by atoms with Crippen LogP contribution in [-0.4, -0.2) is 112 Å². The number of carbonyl (C=O) groups excluding carboxylic acids is 1. The molecule has 1 amide bonds. The molecule has 3 aliphatic heterocycles. The largest absolute Gasteiger partial charge is 0.508 e. The molecule has 1 atom stereocenters. The Morgan fingerprint density at radius 3 is 2.30 bits per heavy atom. The van der Waals surface area contributed by atoms with Crippen LogP contribution in [0.5, 0.6) is 11.5 Å². The van der Waals surface area contributed by atoms with Crippen molar-refractivity contribution < 1.29 is 15.0 Å². The SMILES string of the molecule is C=C(C(=O)N1CCC(CN2CCN(Cc3ccc(-n4c(-c5cc(C(C)C)c(O)cc5O)n[nH]c4=S)cc3)CC2)CC1)[C@@H]1N=C(c2ccc(Cl)cc2)c2c(sc(C)c2C)-n2c(C)nnc21. The minimum atomic E-state index is -0.696. The van der Waals surface area contributed by atoms with E-state index in [9.17, 15) is 15.0 Å². The van der Waals surface area contributed by atoms with Crippen LogP contribution in [0.3, 0.4) is 0 Å². The van der Waals surface area contributed by atoms with Gasteiger partial charge in [0.05, 0.1) is 11.3 Å². The molecule has 3 aromatic heterocycles. The topological polar surface area (TPSA) is 144 Å². The number of nitrogens with one attached hydrogen (secondary N) is 1. The summed E-state index contributed by atoms with van der Waals surface area (Å²) in [5, 5.41) is 39.2. The highest BCUT2D eigenvalue weighted by Crippen LogP contribution is 2.42. The number of carbonyl (C=O) groups is 1. The maximum atomic E-state index is 14.3. The minimum Gasteiger partial charge on any atom is -0.508 e. The van der Waals surface area contributed by atoms with Crippen molar-refractivity contribution in [3.8, 4) is 33.6 Å². The summed E-state index contributed by atoms with van der Waals surface area (Å²) in [6.07, 6.45) is 1.88. The number of H-pyrrole nitrogens is 1. The van der Waals surface area contributed by atoms with E-state index in [-0.39, 0.29) is 23.3 Å². The van der Waals surface area contributed by atoms with Crippen molar-refractivity contribution in [2.45, 2.75) is 66.0 Å². The second-order valence-electron chi connectivity index (χ2n) is 17.6. The van der Waals surface area contributed by atoms with E-state index in [0.29, 0.717) is 51.6 Å². The third-order valence-corrected chi connectivity index (χ3v) is 14.8. The molecule has 2 fully saturated rings. The Hall–Kier alpha value is -5.45. The Balaban J connectivity index is 0.802. The molecule has 0 aliphatic carbocycles. The fourth-order valence-electron chi connectivity index (χ4n) is 9.26. The number of amides is 1. The molecule has 0 unspecified atom stereocenters. The van der Waals surface area contributed by atoms with Gasteiger partial charge >= 0.3 is 0 Å². The van der Waals surface area contributed by atoms with E-state index in [4.69, 9.17) is 28.8 Å². The molecule has 13 nitrogen and oxygen atoms in total. The van der Waals surface area contributed by atoms with E-state index in [1.807, 2.05) is 66.6 Å². The maximum Gasteiger partial charge on any atom is 0.251 e. The third-order valence-electron chi connectivity index (χ3n) is 13.0. The normalized spacial score (nSPS) is 17.3. The van der Waals surface area contributed by atoms with Crippen molar-refractivity contribution in [3.05, 3.63) is 127 Å². The van der Waals surface area contributed by atoms with E-state index in [1.54, 1.807) is 17.4 Å². The number of phenols is 2. The zero-order valence-corrected chi connectivity index (χ0v) is 39.2. The Kier molecular flexibility index (Phi) is 12.2. The first kappa shape index (κ1) is 43.8. The van der Waals surface area contributed by atoms with Crippen molar-refractivity contribution in [3.63, 3.8) is 0 Å². The molecule has 16 heteroatoms. The van der Waals surface area contributed by atoms with Crippen LogP contribution >= 0.6 is 35.2 Å². The highest BCUT2D eigenvalue weighted by atomic mass is 35.5. The van der Waals surface area contributed by atoms with Crippen LogP contribution in [0.1, 0.15) is 83.0 Å².